The van der Waals surface area contributed by atoms with Gasteiger partial charge in [-0.1, -0.05) is 31.2 Å². The van der Waals surface area contributed by atoms with E-state index in [2.05, 4.69) is 39.7 Å². The van der Waals surface area contributed by atoms with Crippen molar-refractivity contribution in [3.05, 3.63) is 83.9 Å². The van der Waals surface area contributed by atoms with E-state index in [0.717, 1.165) is 28.9 Å². The van der Waals surface area contributed by atoms with E-state index in [1.165, 1.54) is 0 Å². The SMILES string of the molecule is CCc1ccccc1NC(=O)CCN1C(=S)NC(c2ccccn2)C1c1ccn(C)c1. The normalized spacial score (nSPS) is 18.1. The lowest BCUT2D eigenvalue weighted by molar-refractivity contribution is -0.116. The van der Waals surface area contributed by atoms with Crippen molar-refractivity contribution in [3.63, 3.8) is 0 Å². The van der Waals surface area contributed by atoms with Crippen molar-refractivity contribution in [2.24, 2.45) is 7.05 Å². The molecule has 1 aliphatic heterocycles. The van der Waals surface area contributed by atoms with E-state index >= 15 is 0 Å². The molecule has 2 unspecified atom stereocenters. The number of aryl methyl sites for hydroxylation is 2. The van der Waals surface area contributed by atoms with Crippen molar-refractivity contribution >= 4 is 28.9 Å². The zero-order chi connectivity index (χ0) is 21.8. The van der Waals surface area contributed by atoms with Crippen LogP contribution in [0.15, 0.2) is 67.1 Å². The molecule has 1 aliphatic rings. The summed E-state index contributed by atoms with van der Waals surface area (Å²) in [6.07, 6.45) is 7.14. The second-order valence-corrected chi connectivity index (χ2v) is 8.13. The number of nitrogens with zero attached hydrogens (tertiary/aromatic N) is 3. The Morgan fingerprint density at radius 2 is 2.00 bits per heavy atom. The molecule has 3 aromatic rings. The molecule has 4 rings (SSSR count). The molecule has 7 heteroatoms. The fourth-order valence-electron chi connectivity index (χ4n) is 4.09. The van der Waals surface area contributed by atoms with Gasteiger partial charge in [0.1, 0.15) is 0 Å². The van der Waals surface area contributed by atoms with Crippen LogP contribution in [0.2, 0.25) is 0 Å². The van der Waals surface area contributed by atoms with Gasteiger partial charge in [0, 0.05) is 44.3 Å². The average molecular weight is 434 g/mol. The number of rotatable bonds is 7. The van der Waals surface area contributed by atoms with E-state index in [-0.39, 0.29) is 18.0 Å². The third kappa shape index (κ3) is 4.61. The first kappa shape index (κ1) is 21.1. The summed E-state index contributed by atoms with van der Waals surface area (Å²) in [6, 6.07) is 15.8. The molecule has 6 nitrogen and oxygen atoms in total. The van der Waals surface area contributed by atoms with Gasteiger partial charge in [-0.3, -0.25) is 9.78 Å². The van der Waals surface area contributed by atoms with Crippen LogP contribution in [-0.4, -0.2) is 32.0 Å². The molecule has 2 N–H and O–H groups in total. The zero-order valence-corrected chi connectivity index (χ0v) is 18.6. The molecule has 1 fully saturated rings. The van der Waals surface area contributed by atoms with Crippen LogP contribution in [0.3, 0.4) is 0 Å². The van der Waals surface area contributed by atoms with Crippen molar-refractivity contribution < 1.29 is 4.79 Å². The van der Waals surface area contributed by atoms with Gasteiger partial charge >= 0.3 is 0 Å². The van der Waals surface area contributed by atoms with Crippen molar-refractivity contribution in [1.82, 2.24) is 19.8 Å². The lowest BCUT2D eigenvalue weighted by Crippen LogP contribution is -2.32. The number of benzene rings is 1. The van der Waals surface area contributed by atoms with Gasteiger partial charge in [-0.2, -0.15) is 0 Å². The maximum absolute atomic E-state index is 12.7. The van der Waals surface area contributed by atoms with Crippen LogP contribution in [0, 0.1) is 0 Å². The van der Waals surface area contributed by atoms with E-state index in [1.54, 1.807) is 6.20 Å². The standard InChI is InChI=1S/C24H27N5OS/c1-3-17-8-4-5-9-19(17)26-21(30)12-15-29-23(18-11-14-28(2)16-18)22(27-24(29)31)20-10-6-7-13-25-20/h4-11,13-14,16,22-23H,3,12,15H2,1-2H3,(H,26,30)(H,27,31). The van der Waals surface area contributed by atoms with Gasteiger partial charge in [-0.05, 0) is 54.0 Å². The summed E-state index contributed by atoms with van der Waals surface area (Å²) in [5, 5.41) is 7.12. The lowest BCUT2D eigenvalue weighted by atomic mass is 9.99. The Bertz CT molecular complexity index is 1060. The second kappa shape index (κ2) is 9.31. The molecule has 0 spiro atoms. The lowest BCUT2D eigenvalue weighted by Gasteiger charge is -2.27. The van der Waals surface area contributed by atoms with E-state index in [4.69, 9.17) is 12.2 Å². The topological polar surface area (TPSA) is 62.2 Å². The molecule has 1 amide bonds. The van der Waals surface area contributed by atoms with Crippen molar-refractivity contribution in [1.29, 1.82) is 0 Å². The second-order valence-electron chi connectivity index (χ2n) is 7.74. The first-order valence-corrected chi connectivity index (χ1v) is 11.0. The molecule has 3 heterocycles. The minimum Gasteiger partial charge on any atom is -0.357 e. The largest absolute Gasteiger partial charge is 0.357 e. The molecule has 160 valence electrons. The Labute approximate surface area is 188 Å². The first-order chi connectivity index (χ1) is 15.1. The highest BCUT2D eigenvalue weighted by molar-refractivity contribution is 7.80. The zero-order valence-electron chi connectivity index (χ0n) is 17.8. The van der Waals surface area contributed by atoms with E-state index in [0.29, 0.717) is 18.1 Å². The molecule has 1 aromatic carbocycles. The number of anilines is 1. The Hall–Kier alpha value is -3.19. The van der Waals surface area contributed by atoms with Crippen molar-refractivity contribution in [3.8, 4) is 0 Å². The number of thiocarbonyl (C=S) groups is 1. The summed E-state index contributed by atoms with van der Waals surface area (Å²) in [5.74, 6) is -0.0169. The van der Waals surface area contributed by atoms with Crippen LogP contribution in [0.5, 0.6) is 0 Å². The Kier molecular flexibility index (Phi) is 6.32. The summed E-state index contributed by atoms with van der Waals surface area (Å²) >= 11 is 5.67. The van der Waals surface area contributed by atoms with Crippen LogP contribution in [0.1, 0.15) is 42.2 Å². The molecule has 31 heavy (non-hydrogen) atoms. The number of hydrogen-bond acceptors (Lipinski definition) is 3. The number of hydrogen-bond donors (Lipinski definition) is 2. The van der Waals surface area contributed by atoms with E-state index in [1.807, 2.05) is 60.3 Å². The summed E-state index contributed by atoms with van der Waals surface area (Å²) in [6.45, 7) is 2.61. The minimum atomic E-state index is -0.0695. The number of amides is 1. The van der Waals surface area contributed by atoms with Gasteiger partial charge in [0.05, 0.1) is 17.8 Å². The van der Waals surface area contributed by atoms with Crippen LogP contribution in [-0.2, 0) is 18.3 Å². The quantitative estimate of drug-likeness (QED) is 0.552. The van der Waals surface area contributed by atoms with E-state index in [9.17, 15) is 4.79 Å². The molecule has 1 saturated heterocycles. The van der Waals surface area contributed by atoms with Crippen LogP contribution >= 0.6 is 12.2 Å². The van der Waals surface area contributed by atoms with Gasteiger partial charge in [0.2, 0.25) is 5.91 Å². The third-order valence-corrected chi connectivity index (χ3v) is 6.00. The van der Waals surface area contributed by atoms with Gasteiger partial charge in [-0.15, -0.1) is 0 Å². The molecule has 0 aliphatic carbocycles. The molecule has 2 atom stereocenters. The number of carbonyl (C=O) groups is 1. The summed E-state index contributed by atoms with van der Waals surface area (Å²) < 4.78 is 2.03. The molecule has 0 saturated carbocycles. The Morgan fingerprint density at radius 3 is 2.71 bits per heavy atom. The summed E-state index contributed by atoms with van der Waals surface area (Å²) in [4.78, 5) is 19.4. The van der Waals surface area contributed by atoms with Crippen LogP contribution < -0.4 is 10.6 Å². The van der Waals surface area contributed by atoms with E-state index < -0.39 is 0 Å². The highest BCUT2D eigenvalue weighted by Crippen LogP contribution is 2.38. The number of nitrogens with one attached hydrogen (secondary N) is 2. The van der Waals surface area contributed by atoms with Gasteiger partial charge in [0.25, 0.3) is 0 Å². The number of pyridine rings is 1. The van der Waals surface area contributed by atoms with Crippen LogP contribution in [0.4, 0.5) is 5.69 Å². The fraction of sp³-hybridized carbons (Fsp3) is 0.292. The minimum absolute atomic E-state index is 0.0169. The maximum atomic E-state index is 12.7. The fourth-order valence-corrected chi connectivity index (χ4v) is 4.43. The van der Waals surface area contributed by atoms with Gasteiger partial charge < -0.3 is 20.1 Å². The Balaban J connectivity index is 1.52. The maximum Gasteiger partial charge on any atom is 0.226 e. The van der Waals surface area contributed by atoms with Crippen LogP contribution in [0.25, 0.3) is 0 Å². The number of aromatic nitrogens is 2. The number of para-hydroxylation sites is 1. The van der Waals surface area contributed by atoms with Crippen molar-refractivity contribution in [2.75, 3.05) is 11.9 Å². The third-order valence-electron chi connectivity index (χ3n) is 5.65. The molecule has 2 aromatic heterocycles. The molecular formula is C24H27N5OS. The smallest absolute Gasteiger partial charge is 0.226 e. The predicted molar refractivity (Wildman–Crippen MR) is 127 cm³/mol. The monoisotopic (exact) mass is 433 g/mol. The Morgan fingerprint density at radius 1 is 1.19 bits per heavy atom. The summed E-state index contributed by atoms with van der Waals surface area (Å²) in [5.41, 5.74) is 4.08. The molecule has 0 bridgehead atoms. The van der Waals surface area contributed by atoms with Gasteiger partial charge in [0.15, 0.2) is 5.11 Å². The highest BCUT2D eigenvalue weighted by atomic mass is 32.1. The highest BCUT2D eigenvalue weighted by Gasteiger charge is 2.40. The first-order valence-electron chi connectivity index (χ1n) is 10.5. The predicted octanol–water partition coefficient (Wildman–Crippen LogP) is 3.98. The molecule has 0 radical (unpaired) electrons. The number of carbonyl (C=O) groups excluding carboxylic acids is 1. The average Bonchev–Trinajstić information content (AvgIpc) is 3.35. The summed E-state index contributed by atoms with van der Waals surface area (Å²) in [7, 11) is 2.00. The van der Waals surface area contributed by atoms with Gasteiger partial charge in [-0.25, -0.2) is 0 Å². The molecular weight excluding hydrogens is 406 g/mol. The van der Waals surface area contributed by atoms with Crippen molar-refractivity contribution in [2.45, 2.75) is 31.8 Å².